The van der Waals surface area contributed by atoms with Crippen LogP contribution in [0.1, 0.15) is 0 Å². The number of fused-ring (bicyclic) bond motifs is 1. The summed E-state index contributed by atoms with van der Waals surface area (Å²) >= 11 is 0. The van der Waals surface area contributed by atoms with E-state index in [-0.39, 0.29) is 0 Å². The van der Waals surface area contributed by atoms with Gasteiger partial charge in [-0.25, -0.2) is 17.6 Å². The first-order chi connectivity index (χ1) is 6.61. The van der Waals surface area contributed by atoms with Crippen LogP contribution in [-0.2, 0) is 0 Å². The van der Waals surface area contributed by atoms with Gasteiger partial charge in [-0.1, -0.05) is 0 Å². The molecule has 0 aliphatic rings. The minimum Gasteiger partial charge on any atom is -0.206 e. The highest BCUT2D eigenvalue weighted by atomic mass is 19.1. The summed E-state index contributed by atoms with van der Waals surface area (Å²) < 4.78 is 51.9. The quantitative estimate of drug-likeness (QED) is 0.571. The van der Waals surface area contributed by atoms with Crippen LogP contribution >= 0.6 is 0 Å². The summed E-state index contributed by atoms with van der Waals surface area (Å²) in [6, 6.07) is 4.93. The van der Waals surface area contributed by atoms with Gasteiger partial charge in [-0.3, -0.25) is 0 Å². The summed E-state index contributed by atoms with van der Waals surface area (Å²) in [5, 5.41) is -1.47. The summed E-state index contributed by atoms with van der Waals surface area (Å²) in [4.78, 5) is 0. The molecule has 0 saturated heterocycles. The molecule has 2 aromatic carbocycles. The Labute approximate surface area is 76.8 Å². The van der Waals surface area contributed by atoms with Crippen LogP contribution in [-0.4, -0.2) is 0 Å². The van der Waals surface area contributed by atoms with Crippen molar-refractivity contribution in [3.63, 3.8) is 0 Å². The van der Waals surface area contributed by atoms with Crippen LogP contribution in [0.4, 0.5) is 17.6 Å². The lowest BCUT2D eigenvalue weighted by Crippen LogP contribution is -1.92. The number of halogens is 4. The van der Waals surface area contributed by atoms with Crippen LogP contribution in [0, 0.1) is 35.4 Å². The first-order valence-corrected chi connectivity index (χ1v) is 3.66. The van der Waals surface area contributed by atoms with Crippen molar-refractivity contribution in [3.8, 4) is 0 Å². The number of benzene rings is 2. The first-order valence-electron chi connectivity index (χ1n) is 3.66. The largest absolute Gasteiger partial charge is 0.206 e. The maximum atomic E-state index is 13.0. The molecule has 2 aromatic rings. The summed E-state index contributed by atoms with van der Waals surface area (Å²) in [6.45, 7) is 0. The van der Waals surface area contributed by atoms with E-state index >= 15 is 0 Å². The van der Waals surface area contributed by atoms with E-state index in [0.29, 0.717) is 12.1 Å². The zero-order chi connectivity index (χ0) is 10.3. The Morgan fingerprint density at radius 2 is 1.07 bits per heavy atom. The van der Waals surface area contributed by atoms with Gasteiger partial charge in [-0.2, -0.15) is 0 Å². The maximum absolute atomic E-state index is 13.0. The molecule has 0 N–H and O–H groups in total. The van der Waals surface area contributed by atoms with Crippen molar-refractivity contribution >= 4 is 10.8 Å². The molecule has 0 saturated carbocycles. The summed E-state index contributed by atoms with van der Waals surface area (Å²) in [5.74, 6) is -4.36. The van der Waals surface area contributed by atoms with E-state index in [1.54, 1.807) is 0 Å². The second-order valence-corrected chi connectivity index (χ2v) is 2.65. The van der Waals surface area contributed by atoms with Gasteiger partial charge in [-0.05, 0) is 12.1 Å². The molecule has 0 bridgehead atoms. The smallest absolute Gasteiger partial charge is 0.142 e. The zero-order valence-electron chi connectivity index (χ0n) is 6.67. The normalized spacial score (nSPS) is 10.9. The second-order valence-electron chi connectivity index (χ2n) is 2.65. The van der Waals surface area contributed by atoms with E-state index in [1.807, 2.05) is 12.1 Å². The van der Waals surface area contributed by atoms with Crippen molar-refractivity contribution in [2.45, 2.75) is 0 Å². The van der Waals surface area contributed by atoms with Crippen molar-refractivity contribution in [1.82, 2.24) is 0 Å². The third kappa shape index (κ3) is 1.14. The van der Waals surface area contributed by atoms with Gasteiger partial charge in [0.1, 0.15) is 23.3 Å². The van der Waals surface area contributed by atoms with Crippen LogP contribution in [0.3, 0.4) is 0 Å². The minimum atomic E-state index is -1.12. The van der Waals surface area contributed by atoms with E-state index in [0.717, 1.165) is 0 Å². The van der Waals surface area contributed by atoms with Crippen molar-refractivity contribution in [3.05, 3.63) is 47.5 Å². The fourth-order valence-corrected chi connectivity index (χ4v) is 1.21. The maximum Gasteiger partial charge on any atom is 0.142 e. The third-order valence-corrected chi connectivity index (χ3v) is 1.82. The highest BCUT2D eigenvalue weighted by molar-refractivity contribution is 5.84. The predicted octanol–water partition coefficient (Wildman–Crippen LogP) is 3.00. The van der Waals surface area contributed by atoms with Crippen molar-refractivity contribution in [2.24, 2.45) is 0 Å². The average Bonchev–Trinajstić information content (AvgIpc) is 2.16. The van der Waals surface area contributed by atoms with Gasteiger partial charge < -0.3 is 0 Å². The lowest BCUT2D eigenvalue weighted by atomic mass is 10.1. The Hall–Kier alpha value is -1.58. The third-order valence-electron chi connectivity index (χ3n) is 1.82. The zero-order valence-corrected chi connectivity index (χ0v) is 6.67. The van der Waals surface area contributed by atoms with Crippen LogP contribution in [0.5, 0.6) is 0 Å². The molecule has 0 aromatic heterocycles. The van der Waals surface area contributed by atoms with Gasteiger partial charge >= 0.3 is 0 Å². The van der Waals surface area contributed by atoms with Gasteiger partial charge in [0.05, 0.1) is 10.8 Å². The predicted molar refractivity (Wildman–Crippen MR) is 41.5 cm³/mol. The molecule has 0 nitrogen and oxygen atoms in total. The molecule has 70 valence electrons. The lowest BCUT2D eigenvalue weighted by Gasteiger charge is -2.02. The van der Waals surface area contributed by atoms with Gasteiger partial charge in [0.2, 0.25) is 0 Å². The van der Waals surface area contributed by atoms with Crippen molar-refractivity contribution < 1.29 is 17.6 Å². The van der Waals surface area contributed by atoms with Crippen molar-refractivity contribution in [1.29, 1.82) is 0 Å². The molecule has 0 spiro atoms. The summed E-state index contributed by atoms with van der Waals surface area (Å²) in [7, 11) is 0. The SMILES string of the molecule is Fc1[c]cc(F)c2c(F)[c]cc(F)c12. The summed E-state index contributed by atoms with van der Waals surface area (Å²) in [5.41, 5.74) is 0. The van der Waals surface area contributed by atoms with Crippen molar-refractivity contribution in [2.75, 3.05) is 0 Å². The van der Waals surface area contributed by atoms with Gasteiger partial charge in [0, 0.05) is 12.1 Å². The average molecular weight is 198 g/mol. The van der Waals surface area contributed by atoms with Crippen LogP contribution in [0.2, 0.25) is 0 Å². The molecule has 2 radical (unpaired) electrons. The Morgan fingerprint density at radius 3 is 1.43 bits per heavy atom. The fourth-order valence-electron chi connectivity index (χ4n) is 1.21. The van der Waals surface area contributed by atoms with Gasteiger partial charge in [0.15, 0.2) is 0 Å². The highest BCUT2D eigenvalue weighted by Crippen LogP contribution is 2.25. The van der Waals surface area contributed by atoms with E-state index in [1.165, 1.54) is 0 Å². The molecule has 2 rings (SSSR count). The van der Waals surface area contributed by atoms with Crippen LogP contribution < -0.4 is 0 Å². The summed E-state index contributed by atoms with van der Waals surface area (Å²) in [6.07, 6.45) is 0. The molecule has 0 atom stereocenters. The van der Waals surface area contributed by atoms with E-state index in [4.69, 9.17) is 0 Å². The second kappa shape index (κ2) is 2.97. The minimum absolute atomic E-state index is 0.619. The number of hydrogen-bond acceptors (Lipinski definition) is 0. The Kier molecular flexibility index (Phi) is 1.91. The van der Waals surface area contributed by atoms with Crippen LogP contribution in [0.25, 0.3) is 10.8 Å². The standard InChI is InChI=1S/C10H2F4/c11-5-1-2-6(12)10-8(14)4-3-7(13)9(5)10/h1,4H. The molecular weight excluding hydrogens is 196 g/mol. The Morgan fingerprint density at radius 1 is 0.714 bits per heavy atom. The van der Waals surface area contributed by atoms with Gasteiger partial charge in [0.25, 0.3) is 0 Å². The lowest BCUT2D eigenvalue weighted by molar-refractivity contribution is 0.576. The molecule has 0 heterocycles. The van der Waals surface area contributed by atoms with E-state index in [9.17, 15) is 17.6 Å². The molecule has 0 unspecified atom stereocenters. The number of hydrogen-bond donors (Lipinski definition) is 0. The molecule has 0 aliphatic carbocycles. The molecule has 0 fully saturated rings. The Bertz CT molecular complexity index is 416. The van der Waals surface area contributed by atoms with Gasteiger partial charge in [-0.15, -0.1) is 0 Å². The monoisotopic (exact) mass is 198 g/mol. The van der Waals surface area contributed by atoms with E-state index in [2.05, 4.69) is 0 Å². The molecule has 0 amide bonds. The van der Waals surface area contributed by atoms with E-state index < -0.39 is 34.0 Å². The molecular formula is C10H2F4. The molecule has 4 heteroatoms. The fraction of sp³-hybridized carbons (Fsp3) is 0. The number of rotatable bonds is 0. The first kappa shape index (κ1) is 8.99. The Balaban J connectivity index is 3.05. The molecule has 14 heavy (non-hydrogen) atoms. The highest BCUT2D eigenvalue weighted by Gasteiger charge is 2.14. The molecule has 0 aliphatic heterocycles. The topological polar surface area (TPSA) is 0 Å². The van der Waals surface area contributed by atoms with Crippen LogP contribution in [0.15, 0.2) is 12.1 Å².